The number of H-pyrrole nitrogens is 1. The van der Waals surface area contributed by atoms with Gasteiger partial charge in [0.2, 0.25) is 0 Å². The molecule has 0 spiro atoms. The quantitative estimate of drug-likeness (QED) is 0.595. The predicted molar refractivity (Wildman–Crippen MR) is 86.2 cm³/mol. The third-order valence-corrected chi connectivity index (χ3v) is 3.43. The number of para-hydroxylation sites is 1. The Balaban J connectivity index is 0.000000277. The summed E-state index contributed by atoms with van der Waals surface area (Å²) in [5.74, 6) is -1.81. The number of carboxylic acid groups (broad SMARTS) is 1. The zero-order valence-corrected chi connectivity index (χ0v) is 14.1. The number of oxazole rings is 1. The van der Waals surface area contributed by atoms with Crippen LogP contribution in [-0.2, 0) is 11.2 Å². The van der Waals surface area contributed by atoms with Crippen LogP contribution in [0.4, 0.5) is 19.2 Å². The van der Waals surface area contributed by atoms with Crippen LogP contribution in [0.1, 0.15) is 5.82 Å². The Morgan fingerprint density at radius 3 is 2.68 bits per heavy atom. The van der Waals surface area contributed by atoms with Crippen molar-refractivity contribution in [3.63, 3.8) is 0 Å². The van der Waals surface area contributed by atoms with Gasteiger partial charge in [0.1, 0.15) is 11.3 Å². The van der Waals surface area contributed by atoms with Gasteiger partial charge in [-0.1, -0.05) is 6.07 Å². The minimum absolute atomic E-state index is 0.531. The number of nitrogens with one attached hydrogen (secondary N) is 2. The van der Waals surface area contributed by atoms with E-state index in [9.17, 15) is 13.2 Å². The first-order valence-corrected chi connectivity index (χ1v) is 7.64. The van der Waals surface area contributed by atoms with Crippen molar-refractivity contribution in [1.82, 2.24) is 15.0 Å². The molecule has 3 rings (SSSR count). The van der Waals surface area contributed by atoms with E-state index in [0.717, 1.165) is 34.4 Å². The van der Waals surface area contributed by atoms with Crippen molar-refractivity contribution >= 4 is 39.0 Å². The van der Waals surface area contributed by atoms with Crippen LogP contribution in [0.5, 0.6) is 0 Å². The van der Waals surface area contributed by atoms with Gasteiger partial charge in [-0.25, -0.2) is 9.78 Å². The van der Waals surface area contributed by atoms with Gasteiger partial charge in [0.15, 0.2) is 5.58 Å². The monoisotopic (exact) mass is 420 g/mol. The molecule has 0 aliphatic rings. The molecule has 0 aliphatic heterocycles. The van der Waals surface area contributed by atoms with E-state index in [0.29, 0.717) is 6.01 Å². The highest BCUT2D eigenvalue weighted by molar-refractivity contribution is 9.10. The molecule has 2 aromatic heterocycles. The normalized spacial score (nSPS) is 11.0. The molecule has 1 aromatic carbocycles. The molecule has 0 atom stereocenters. The zero-order chi connectivity index (χ0) is 18.4. The van der Waals surface area contributed by atoms with Gasteiger partial charge in [-0.2, -0.15) is 18.2 Å². The van der Waals surface area contributed by atoms with Crippen LogP contribution < -0.4 is 5.32 Å². The van der Waals surface area contributed by atoms with E-state index in [1.54, 1.807) is 6.20 Å². The zero-order valence-electron chi connectivity index (χ0n) is 12.5. The topological polar surface area (TPSA) is 104 Å². The molecule has 11 heteroatoms. The Labute approximate surface area is 147 Å². The lowest BCUT2D eigenvalue weighted by Gasteiger charge is -1.98. The summed E-state index contributed by atoms with van der Waals surface area (Å²) in [6.07, 6.45) is -0.731. The number of hydrogen-bond donors (Lipinski definition) is 3. The summed E-state index contributed by atoms with van der Waals surface area (Å²) in [7, 11) is 0. The average molecular weight is 421 g/mol. The van der Waals surface area contributed by atoms with Crippen LogP contribution in [0.2, 0.25) is 0 Å². The fourth-order valence-corrected chi connectivity index (χ4v) is 2.15. The number of benzene rings is 1. The Morgan fingerprint density at radius 2 is 2.12 bits per heavy atom. The summed E-state index contributed by atoms with van der Waals surface area (Å²) in [5.41, 5.74) is 1.60. The number of carbonyl (C=O) groups is 1. The maximum Gasteiger partial charge on any atom is 0.490 e. The van der Waals surface area contributed by atoms with E-state index >= 15 is 0 Å². The summed E-state index contributed by atoms with van der Waals surface area (Å²) in [6, 6.07) is 6.31. The predicted octanol–water partition coefficient (Wildman–Crippen LogP) is 3.60. The van der Waals surface area contributed by atoms with Crippen molar-refractivity contribution in [2.75, 3.05) is 11.9 Å². The molecule has 7 nitrogen and oxygen atoms in total. The fourth-order valence-electron chi connectivity index (χ4n) is 1.71. The molecule has 134 valence electrons. The molecular weight excluding hydrogens is 409 g/mol. The van der Waals surface area contributed by atoms with Crippen molar-refractivity contribution in [2.45, 2.75) is 12.6 Å². The van der Waals surface area contributed by atoms with E-state index in [-0.39, 0.29) is 0 Å². The molecule has 0 amide bonds. The summed E-state index contributed by atoms with van der Waals surface area (Å²) < 4.78 is 38.3. The smallest absolute Gasteiger partial charge is 0.475 e. The summed E-state index contributed by atoms with van der Waals surface area (Å²) >= 11 is 3.43. The standard InChI is InChI=1S/C12H11BrN4O.C2HF3O2/c13-8-2-1-3-9-11(8)18-12(17-9)16-5-4-10-14-6-7-15-10;3-2(4,5)1(6)7/h1-3,6-7H,4-5H2,(H,14,15)(H,16,17);(H,6,7). The molecule has 3 N–H and O–H groups in total. The Morgan fingerprint density at radius 1 is 1.40 bits per heavy atom. The van der Waals surface area contributed by atoms with E-state index < -0.39 is 12.1 Å². The second-order valence-corrected chi connectivity index (χ2v) is 5.48. The molecular formula is C14H12BrF3N4O3. The molecule has 2 heterocycles. The highest BCUT2D eigenvalue weighted by Gasteiger charge is 2.38. The van der Waals surface area contributed by atoms with E-state index in [2.05, 4.69) is 36.2 Å². The molecule has 0 unspecified atom stereocenters. The second-order valence-electron chi connectivity index (χ2n) is 4.62. The van der Waals surface area contributed by atoms with Gasteiger partial charge < -0.3 is 19.8 Å². The number of aliphatic carboxylic acids is 1. The number of alkyl halides is 3. The van der Waals surface area contributed by atoms with E-state index in [1.165, 1.54) is 0 Å². The Kier molecular flexibility index (Phi) is 6.02. The highest BCUT2D eigenvalue weighted by atomic mass is 79.9. The molecule has 0 fully saturated rings. The Hall–Kier alpha value is -2.56. The van der Waals surface area contributed by atoms with Gasteiger partial charge >= 0.3 is 12.1 Å². The average Bonchev–Trinajstić information content (AvgIpc) is 3.17. The first-order valence-electron chi connectivity index (χ1n) is 6.84. The summed E-state index contributed by atoms with van der Waals surface area (Å²) in [6.45, 7) is 0.720. The molecule has 0 aliphatic carbocycles. The fraction of sp³-hybridized carbons (Fsp3) is 0.214. The summed E-state index contributed by atoms with van der Waals surface area (Å²) in [5, 5.41) is 10.3. The van der Waals surface area contributed by atoms with Gasteiger partial charge in [-0.05, 0) is 28.1 Å². The Bertz CT molecular complexity index is 834. The first kappa shape index (κ1) is 18.8. The van der Waals surface area contributed by atoms with Gasteiger partial charge in [0.25, 0.3) is 6.01 Å². The van der Waals surface area contributed by atoms with Gasteiger partial charge in [0.05, 0.1) is 4.47 Å². The SMILES string of the molecule is Brc1cccc2nc(NCCc3ncc[nH]3)oc12.O=C(O)C(F)(F)F. The lowest BCUT2D eigenvalue weighted by atomic mass is 10.3. The van der Waals surface area contributed by atoms with E-state index in [1.807, 2.05) is 24.4 Å². The molecule has 0 radical (unpaired) electrons. The minimum atomic E-state index is -5.08. The van der Waals surface area contributed by atoms with Crippen molar-refractivity contribution in [2.24, 2.45) is 0 Å². The van der Waals surface area contributed by atoms with E-state index in [4.69, 9.17) is 14.3 Å². The van der Waals surface area contributed by atoms with Gasteiger partial charge in [0, 0.05) is 25.4 Å². The number of aromatic amines is 1. The molecule has 0 bridgehead atoms. The third-order valence-electron chi connectivity index (χ3n) is 2.80. The molecule has 25 heavy (non-hydrogen) atoms. The number of fused-ring (bicyclic) bond motifs is 1. The van der Waals surface area contributed by atoms with Crippen molar-refractivity contribution < 1.29 is 27.5 Å². The number of nitrogens with zero attached hydrogens (tertiary/aromatic N) is 2. The lowest BCUT2D eigenvalue weighted by molar-refractivity contribution is -0.192. The molecule has 0 saturated heterocycles. The lowest BCUT2D eigenvalue weighted by Crippen LogP contribution is -2.21. The van der Waals surface area contributed by atoms with Crippen LogP contribution in [0.15, 0.2) is 39.5 Å². The maximum absolute atomic E-state index is 10.6. The van der Waals surface area contributed by atoms with Crippen LogP contribution in [0, 0.1) is 0 Å². The van der Waals surface area contributed by atoms with Crippen LogP contribution in [-0.4, -0.2) is 38.7 Å². The largest absolute Gasteiger partial charge is 0.490 e. The van der Waals surface area contributed by atoms with Gasteiger partial charge in [-0.15, -0.1) is 0 Å². The van der Waals surface area contributed by atoms with Crippen LogP contribution >= 0.6 is 15.9 Å². The van der Waals surface area contributed by atoms with Crippen LogP contribution in [0.25, 0.3) is 11.1 Å². The number of imidazole rings is 1. The number of halogens is 4. The van der Waals surface area contributed by atoms with Crippen LogP contribution in [0.3, 0.4) is 0 Å². The van der Waals surface area contributed by atoms with Crippen molar-refractivity contribution in [3.8, 4) is 0 Å². The van der Waals surface area contributed by atoms with Gasteiger partial charge in [-0.3, -0.25) is 0 Å². The van der Waals surface area contributed by atoms with Crippen molar-refractivity contribution in [3.05, 3.63) is 40.9 Å². The third kappa shape index (κ3) is 5.48. The molecule has 0 saturated carbocycles. The highest BCUT2D eigenvalue weighted by Crippen LogP contribution is 2.26. The first-order chi connectivity index (χ1) is 11.8. The van der Waals surface area contributed by atoms with Crippen molar-refractivity contribution in [1.29, 1.82) is 0 Å². The number of carboxylic acids is 1. The number of hydrogen-bond acceptors (Lipinski definition) is 5. The number of rotatable bonds is 4. The second kappa shape index (κ2) is 8.01. The maximum atomic E-state index is 10.6. The number of anilines is 1. The minimum Gasteiger partial charge on any atom is -0.475 e. The summed E-state index contributed by atoms with van der Waals surface area (Å²) in [4.78, 5) is 20.4. The molecule has 3 aromatic rings. The number of aromatic nitrogens is 3.